The third-order valence-corrected chi connectivity index (χ3v) is 2.61. The van der Waals surface area contributed by atoms with Gasteiger partial charge in [0.15, 0.2) is 5.96 Å². The van der Waals surface area contributed by atoms with E-state index in [1.165, 1.54) is 6.07 Å². The Morgan fingerprint density at radius 2 is 2.10 bits per heavy atom. The van der Waals surface area contributed by atoms with Gasteiger partial charge >= 0.3 is 0 Å². The first-order valence-corrected chi connectivity index (χ1v) is 6.76. The van der Waals surface area contributed by atoms with E-state index in [2.05, 4.69) is 24.2 Å². The van der Waals surface area contributed by atoms with Crippen LogP contribution in [0.1, 0.15) is 26.3 Å². The number of aliphatic imine (C=N–C) groups is 1. The van der Waals surface area contributed by atoms with Crippen molar-refractivity contribution in [1.82, 2.24) is 10.2 Å². The number of guanidine groups is 1. The zero-order chi connectivity index (χ0) is 14.3. The highest BCUT2D eigenvalue weighted by Gasteiger charge is 2.07. The van der Waals surface area contributed by atoms with Crippen molar-refractivity contribution < 1.29 is 4.39 Å². The Balaban J connectivity index is 0.00000361. The van der Waals surface area contributed by atoms with Gasteiger partial charge in [0.1, 0.15) is 5.82 Å². The highest BCUT2D eigenvalue weighted by atomic mass is 127. The van der Waals surface area contributed by atoms with E-state index in [-0.39, 0.29) is 29.8 Å². The van der Waals surface area contributed by atoms with Gasteiger partial charge < -0.3 is 10.2 Å². The Labute approximate surface area is 138 Å². The van der Waals surface area contributed by atoms with Gasteiger partial charge in [0.05, 0.1) is 0 Å². The summed E-state index contributed by atoms with van der Waals surface area (Å²) in [6.45, 7) is 8.57. The molecule has 1 aromatic rings. The summed E-state index contributed by atoms with van der Waals surface area (Å²) in [6, 6.07) is 6.67. The van der Waals surface area contributed by atoms with Crippen molar-refractivity contribution in [1.29, 1.82) is 0 Å². The summed E-state index contributed by atoms with van der Waals surface area (Å²) in [5, 5.41) is 3.25. The van der Waals surface area contributed by atoms with Crippen LogP contribution in [0.2, 0.25) is 0 Å². The number of hydrogen-bond acceptors (Lipinski definition) is 1. The molecule has 0 saturated heterocycles. The molecule has 0 aromatic heterocycles. The summed E-state index contributed by atoms with van der Waals surface area (Å²) in [4.78, 5) is 6.58. The maximum Gasteiger partial charge on any atom is 0.193 e. The van der Waals surface area contributed by atoms with E-state index in [1.54, 1.807) is 12.1 Å². The number of benzene rings is 1. The van der Waals surface area contributed by atoms with E-state index in [9.17, 15) is 4.39 Å². The fourth-order valence-corrected chi connectivity index (χ4v) is 1.72. The number of rotatable bonds is 5. The van der Waals surface area contributed by atoms with Gasteiger partial charge in [0.2, 0.25) is 0 Å². The lowest BCUT2D eigenvalue weighted by atomic mass is 10.2. The van der Waals surface area contributed by atoms with Crippen molar-refractivity contribution in [3.63, 3.8) is 0 Å². The fraction of sp³-hybridized carbons (Fsp3) is 0.533. The lowest BCUT2D eigenvalue weighted by molar-refractivity contribution is 0.472. The second kappa shape index (κ2) is 9.96. The van der Waals surface area contributed by atoms with Crippen molar-refractivity contribution in [2.24, 2.45) is 10.9 Å². The van der Waals surface area contributed by atoms with Gasteiger partial charge in [-0.3, -0.25) is 4.99 Å². The van der Waals surface area contributed by atoms with E-state index in [4.69, 9.17) is 0 Å². The van der Waals surface area contributed by atoms with E-state index in [0.29, 0.717) is 12.5 Å². The smallest absolute Gasteiger partial charge is 0.193 e. The highest BCUT2D eigenvalue weighted by molar-refractivity contribution is 14.0. The molecule has 1 N–H and O–H groups in total. The predicted molar refractivity (Wildman–Crippen MR) is 94.1 cm³/mol. The predicted octanol–water partition coefficient (Wildman–Crippen LogP) is 3.50. The molecule has 0 saturated carbocycles. The lowest BCUT2D eigenvalue weighted by Gasteiger charge is -2.22. The molecule has 0 amide bonds. The zero-order valence-corrected chi connectivity index (χ0v) is 15.0. The average molecular weight is 393 g/mol. The number of nitrogens with one attached hydrogen (secondary N) is 1. The minimum absolute atomic E-state index is 0. The molecule has 1 rings (SSSR count). The lowest BCUT2D eigenvalue weighted by Crippen LogP contribution is -2.38. The molecule has 0 fully saturated rings. The molecule has 5 heteroatoms. The molecule has 20 heavy (non-hydrogen) atoms. The SMILES string of the molecule is CCNC(=NCC(C)C)N(C)Cc1cccc(F)c1.I. The minimum Gasteiger partial charge on any atom is -0.357 e. The third-order valence-electron chi connectivity index (χ3n) is 2.61. The molecular weight excluding hydrogens is 368 g/mol. The van der Waals surface area contributed by atoms with E-state index in [1.807, 2.05) is 24.9 Å². The molecule has 0 bridgehead atoms. The quantitative estimate of drug-likeness (QED) is 0.471. The number of halogens is 2. The van der Waals surface area contributed by atoms with Crippen LogP contribution in [0.5, 0.6) is 0 Å². The van der Waals surface area contributed by atoms with E-state index < -0.39 is 0 Å². The van der Waals surface area contributed by atoms with Gasteiger partial charge in [-0.2, -0.15) is 0 Å². The zero-order valence-electron chi connectivity index (χ0n) is 12.7. The summed E-state index contributed by atoms with van der Waals surface area (Å²) in [5.74, 6) is 1.19. The Morgan fingerprint density at radius 1 is 1.40 bits per heavy atom. The topological polar surface area (TPSA) is 27.6 Å². The second-order valence-corrected chi connectivity index (χ2v) is 5.07. The first kappa shape index (κ1) is 19.1. The molecule has 0 spiro atoms. The second-order valence-electron chi connectivity index (χ2n) is 5.07. The van der Waals surface area contributed by atoms with Crippen molar-refractivity contribution in [2.45, 2.75) is 27.3 Å². The molecular formula is C15H25FIN3. The molecule has 3 nitrogen and oxygen atoms in total. The molecule has 0 radical (unpaired) electrons. The van der Waals surface area contributed by atoms with Crippen LogP contribution >= 0.6 is 24.0 Å². The average Bonchev–Trinajstić information content (AvgIpc) is 2.34. The molecule has 114 valence electrons. The molecule has 0 aliphatic carbocycles. The third kappa shape index (κ3) is 7.07. The van der Waals surface area contributed by atoms with Crippen LogP contribution in [0.3, 0.4) is 0 Å². The molecule has 0 atom stereocenters. The summed E-state index contributed by atoms with van der Waals surface area (Å²) in [7, 11) is 1.97. The van der Waals surface area contributed by atoms with Crippen LogP contribution < -0.4 is 5.32 Å². The maximum absolute atomic E-state index is 13.2. The Hall–Kier alpha value is -0.850. The van der Waals surface area contributed by atoms with Gasteiger partial charge in [-0.15, -0.1) is 24.0 Å². The maximum atomic E-state index is 13.2. The van der Waals surface area contributed by atoms with Gasteiger partial charge in [-0.25, -0.2) is 4.39 Å². The van der Waals surface area contributed by atoms with Crippen LogP contribution in [0, 0.1) is 11.7 Å². The molecule has 1 aromatic carbocycles. The Morgan fingerprint density at radius 3 is 2.65 bits per heavy atom. The standard InChI is InChI=1S/C15H24FN3.HI/c1-5-17-15(18-10-12(2)3)19(4)11-13-7-6-8-14(16)9-13;/h6-9,12H,5,10-11H2,1-4H3,(H,17,18);1H. The Kier molecular flexibility index (Phi) is 9.54. The van der Waals surface area contributed by atoms with Crippen LogP contribution in [0.15, 0.2) is 29.3 Å². The van der Waals surface area contributed by atoms with Gasteiger partial charge in [0, 0.05) is 26.7 Å². The molecule has 0 unspecified atom stereocenters. The largest absolute Gasteiger partial charge is 0.357 e. The van der Waals surface area contributed by atoms with Crippen molar-refractivity contribution in [3.05, 3.63) is 35.6 Å². The summed E-state index contributed by atoms with van der Waals surface area (Å²) in [5.41, 5.74) is 0.942. The monoisotopic (exact) mass is 393 g/mol. The van der Waals surface area contributed by atoms with Crippen LogP contribution in [-0.4, -0.2) is 31.0 Å². The van der Waals surface area contributed by atoms with Crippen molar-refractivity contribution in [3.8, 4) is 0 Å². The first-order chi connectivity index (χ1) is 9.02. The van der Waals surface area contributed by atoms with Gasteiger partial charge in [-0.1, -0.05) is 26.0 Å². The van der Waals surface area contributed by atoms with E-state index >= 15 is 0 Å². The number of nitrogens with zero attached hydrogens (tertiary/aromatic N) is 2. The summed E-state index contributed by atoms with van der Waals surface area (Å²) in [6.07, 6.45) is 0. The minimum atomic E-state index is -0.199. The Bertz CT molecular complexity index is 421. The van der Waals surface area contributed by atoms with Gasteiger partial charge in [-0.05, 0) is 30.5 Å². The van der Waals surface area contributed by atoms with E-state index in [0.717, 1.165) is 24.6 Å². The molecule has 0 heterocycles. The number of hydrogen-bond donors (Lipinski definition) is 1. The van der Waals surface area contributed by atoms with Crippen molar-refractivity contribution in [2.75, 3.05) is 20.1 Å². The summed E-state index contributed by atoms with van der Waals surface area (Å²) < 4.78 is 13.2. The normalized spacial score (nSPS) is 11.2. The van der Waals surface area contributed by atoms with Crippen LogP contribution in [0.4, 0.5) is 4.39 Å². The molecule has 0 aliphatic rings. The fourth-order valence-electron chi connectivity index (χ4n) is 1.72. The van der Waals surface area contributed by atoms with Gasteiger partial charge in [0.25, 0.3) is 0 Å². The summed E-state index contributed by atoms with van der Waals surface area (Å²) >= 11 is 0. The van der Waals surface area contributed by atoms with Crippen LogP contribution in [0.25, 0.3) is 0 Å². The van der Waals surface area contributed by atoms with Crippen molar-refractivity contribution >= 4 is 29.9 Å². The molecule has 0 aliphatic heterocycles. The van der Waals surface area contributed by atoms with Crippen LogP contribution in [-0.2, 0) is 6.54 Å². The first-order valence-electron chi connectivity index (χ1n) is 6.76. The highest BCUT2D eigenvalue weighted by Crippen LogP contribution is 2.06.